The van der Waals surface area contributed by atoms with Crippen LogP contribution >= 0.6 is 0 Å². The molecule has 3 rings (SSSR count). The molecule has 2 atom stereocenters. The Morgan fingerprint density at radius 3 is 2.82 bits per heavy atom. The predicted molar refractivity (Wildman–Crippen MR) is 69.7 cm³/mol. The molecule has 2 heterocycles. The summed E-state index contributed by atoms with van der Waals surface area (Å²) in [5.41, 5.74) is 1.32. The molecule has 0 saturated carbocycles. The number of hydrogen-bond donors (Lipinski definition) is 1. The van der Waals surface area contributed by atoms with Gasteiger partial charge in [-0.1, -0.05) is 0 Å². The van der Waals surface area contributed by atoms with Crippen LogP contribution in [0.5, 0.6) is 5.75 Å². The van der Waals surface area contributed by atoms with Crippen LogP contribution in [0.25, 0.3) is 0 Å². The summed E-state index contributed by atoms with van der Waals surface area (Å²) in [4.78, 5) is 2.49. The number of fused-ring (bicyclic) bond motifs is 1. The first-order valence-electron chi connectivity index (χ1n) is 6.49. The molecule has 3 nitrogen and oxygen atoms in total. The molecule has 1 N–H and O–H groups in total. The van der Waals surface area contributed by atoms with Crippen molar-refractivity contribution in [2.45, 2.75) is 18.9 Å². The minimum atomic E-state index is 0.700. The number of ether oxygens (including phenoxy) is 1. The third-order valence-corrected chi connectivity index (χ3v) is 4.12. The number of methoxy groups -OCH3 is 1. The predicted octanol–water partition coefficient (Wildman–Crippen LogP) is 1.88. The van der Waals surface area contributed by atoms with Gasteiger partial charge in [0.1, 0.15) is 5.75 Å². The van der Waals surface area contributed by atoms with Crippen molar-refractivity contribution in [3.63, 3.8) is 0 Å². The fourth-order valence-electron chi connectivity index (χ4n) is 3.06. The molecule has 1 aromatic rings. The fourth-order valence-corrected chi connectivity index (χ4v) is 3.06. The first-order chi connectivity index (χ1) is 8.36. The summed E-state index contributed by atoms with van der Waals surface area (Å²) in [5.74, 6) is 1.84. The van der Waals surface area contributed by atoms with Crippen molar-refractivity contribution in [2.75, 3.05) is 31.6 Å². The van der Waals surface area contributed by atoms with Gasteiger partial charge in [-0.05, 0) is 49.6 Å². The fraction of sp³-hybridized carbons (Fsp3) is 0.571. The molecule has 17 heavy (non-hydrogen) atoms. The lowest BCUT2D eigenvalue weighted by molar-refractivity contribution is 0.373. The molecule has 0 aromatic heterocycles. The van der Waals surface area contributed by atoms with E-state index in [1.165, 1.54) is 31.6 Å². The summed E-state index contributed by atoms with van der Waals surface area (Å²) in [7, 11) is 1.71. The second-order valence-electron chi connectivity index (χ2n) is 5.04. The molecular weight excluding hydrogens is 212 g/mol. The topological polar surface area (TPSA) is 24.5 Å². The Labute approximate surface area is 103 Å². The Balaban J connectivity index is 1.71. The Hall–Kier alpha value is -1.22. The molecule has 2 aliphatic heterocycles. The van der Waals surface area contributed by atoms with Gasteiger partial charge in [-0.15, -0.1) is 0 Å². The highest BCUT2D eigenvalue weighted by Crippen LogP contribution is 2.29. The van der Waals surface area contributed by atoms with E-state index in [9.17, 15) is 0 Å². The summed E-state index contributed by atoms with van der Waals surface area (Å²) < 4.78 is 5.19. The molecule has 2 unspecified atom stereocenters. The summed E-state index contributed by atoms with van der Waals surface area (Å²) in [6, 6.07) is 9.11. The lowest BCUT2D eigenvalue weighted by Gasteiger charge is -2.36. The van der Waals surface area contributed by atoms with E-state index in [1.807, 2.05) is 12.1 Å². The van der Waals surface area contributed by atoms with Gasteiger partial charge in [-0.2, -0.15) is 0 Å². The van der Waals surface area contributed by atoms with Gasteiger partial charge in [0.25, 0.3) is 0 Å². The second kappa shape index (κ2) is 4.57. The van der Waals surface area contributed by atoms with Crippen molar-refractivity contribution in [1.29, 1.82) is 0 Å². The van der Waals surface area contributed by atoms with Gasteiger partial charge in [0.15, 0.2) is 0 Å². The minimum Gasteiger partial charge on any atom is -0.497 e. The number of hydrogen-bond acceptors (Lipinski definition) is 3. The maximum atomic E-state index is 5.19. The average Bonchev–Trinajstić information content (AvgIpc) is 2.86. The molecule has 0 aliphatic carbocycles. The molecule has 1 aromatic carbocycles. The maximum Gasteiger partial charge on any atom is 0.119 e. The standard InChI is InChI=1S/C14H20N2O/c1-17-13-4-2-12(3-5-13)16-9-7-11-6-8-15-14(11)10-16/h2-5,11,14-15H,6-10H2,1H3. The van der Waals surface area contributed by atoms with Gasteiger partial charge in [0.05, 0.1) is 7.11 Å². The highest BCUT2D eigenvalue weighted by molar-refractivity contribution is 5.49. The summed E-state index contributed by atoms with van der Waals surface area (Å²) in [6.07, 6.45) is 2.69. The van der Waals surface area contributed by atoms with Crippen LogP contribution in [0.15, 0.2) is 24.3 Å². The van der Waals surface area contributed by atoms with Crippen LogP contribution in [0.1, 0.15) is 12.8 Å². The van der Waals surface area contributed by atoms with E-state index in [4.69, 9.17) is 4.74 Å². The largest absolute Gasteiger partial charge is 0.497 e. The molecule has 0 spiro atoms. The quantitative estimate of drug-likeness (QED) is 0.842. The van der Waals surface area contributed by atoms with Crippen molar-refractivity contribution in [1.82, 2.24) is 5.32 Å². The Kier molecular flexibility index (Phi) is 2.93. The van der Waals surface area contributed by atoms with Crippen LogP contribution in [0.2, 0.25) is 0 Å². The van der Waals surface area contributed by atoms with Crippen molar-refractivity contribution < 1.29 is 4.74 Å². The van der Waals surface area contributed by atoms with E-state index in [0.29, 0.717) is 6.04 Å². The molecule has 2 aliphatic rings. The second-order valence-corrected chi connectivity index (χ2v) is 5.04. The van der Waals surface area contributed by atoms with Gasteiger partial charge in [-0.25, -0.2) is 0 Å². The van der Waals surface area contributed by atoms with Crippen molar-refractivity contribution in [3.8, 4) is 5.75 Å². The zero-order chi connectivity index (χ0) is 11.7. The molecule has 2 saturated heterocycles. The number of piperidine rings is 1. The smallest absolute Gasteiger partial charge is 0.119 e. The average molecular weight is 232 g/mol. The highest BCUT2D eigenvalue weighted by Gasteiger charge is 2.32. The van der Waals surface area contributed by atoms with Crippen molar-refractivity contribution in [2.24, 2.45) is 5.92 Å². The number of benzene rings is 1. The summed E-state index contributed by atoms with van der Waals surface area (Å²) in [5, 5.41) is 3.61. The van der Waals surface area contributed by atoms with Gasteiger partial charge in [-0.3, -0.25) is 0 Å². The van der Waals surface area contributed by atoms with E-state index in [0.717, 1.165) is 18.2 Å². The summed E-state index contributed by atoms with van der Waals surface area (Å²) in [6.45, 7) is 3.54. The van der Waals surface area contributed by atoms with E-state index >= 15 is 0 Å². The normalized spacial score (nSPS) is 27.9. The monoisotopic (exact) mass is 232 g/mol. The van der Waals surface area contributed by atoms with Gasteiger partial charge >= 0.3 is 0 Å². The zero-order valence-electron chi connectivity index (χ0n) is 10.4. The number of rotatable bonds is 2. The lowest BCUT2D eigenvalue weighted by atomic mass is 9.92. The lowest BCUT2D eigenvalue weighted by Crippen LogP contribution is -2.46. The Bertz CT molecular complexity index is 376. The van der Waals surface area contributed by atoms with Crippen LogP contribution in [0, 0.1) is 5.92 Å². The minimum absolute atomic E-state index is 0.700. The number of nitrogens with zero attached hydrogens (tertiary/aromatic N) is 1. The van der Waals surface area contributed by atoms with Gasteiger partial charge in [0.2, 0.25) is 0 Å². The molecular formula is C14H20N2O. The van der Waals surface area contributed by atoms with Crippen molar-refractivity contribution in [3.05, 3.63) is 24.3 Å². The van der Waals surface area contributed by atoms with Crippen LogP contribution in [0.4, 0.5) is 5.69 Å². The van der Waals surface area contributed by atoms with Gasteiger partial charge < -0.3 is 15.0 Å². The zero-order valence-corrected chi connectivity index (χ0v) is 10.4. The van der Waals surface area contributed by atoms with Crippen molar-refractivity contribution >= 4 is 5.69 Å². The first-order valence-corrected chi connectivity index (χ1v) is 6.49. The van der Waals surface area contributed by atoms with E-state index in [-0.39, 0.29) is 0 Å². The van der Waals surface area contributed by atoms with E-state index < -0.39 is 0 Å². The van der Waals surface area contributed by atoms with Crippen LogP contribution in [-0.4, -0.2) is 32.8 Å². The van der Waals surface area contributed by atoms with Crippen LogP contribution in [-0.2, 0) is 0 Å². The Morgan fingerprint density at radius 2 is 2.06 bits per heavy atom. The number of nitrogens with one attached hydrogen (secondary N) is 1. The SMILES string of the molecule is COc1ccc(N2CCC3CCNC3C2)cc1. The molecule has 92 valence electrons. The van der Waals surface area contributed by atoms with Crippen LogP contribution in [0.3, 0.4) is 0 Å². The third kappa shape index (κ3) is 2.12. The molecule has 2 fully saturated rings. The van der Waals surface area contributed by atoms with Crippen LogP contribution < -0.4 is 15.0 Å². The molecule has 0 radical (unpaired) electrons. The Morgan fingerprint density at radius 1 is 1.24 bits per heavy atom. The third-order valence-electron chi connectivity index (χ3n) is 4.12. The molecule has 3 heteroatoms. The van der Waals surface area contributed by atoms with E-state index in [1.54, 1.807) is 7.11 Å². The summed E-state index contributed by atoms with van der Waals surface area (Å²) >= 11 is 0. The molecule has 0 amide bonds. The van der Waals surface area contributed by atoms with Gasteiger partial charge in [0, 0.05) is 24.8 Å². The first kappa shape index (κ1) is 10.9. The number of anilines is 1. The highest BCUT2D eigenvalue weighted by atomic mass is 16.5. The molecule has 0 bridgehead atoms. The van der Waals surface area contributed by atoms with E-state index in [2.05, 4.69) is 22.3 Å². The maximum absolute atomic E-state index is 5.19.